The first kappa shape index (κ1) is 13.4. The van der Waals surface area contributed by atoms with Gasteiger partial charge < -0.3 is 10.1 Å². The van der Waals surface area contributed by atoms with Gasteiger partial charge in [-0.05, 0) is 37.7 Å². The van der Waals surface area contributed by atoms with Gasteiger partial charge in [0.05, 0.1) is 0 Å². The summed E-state index contributed by atoms with van der Waals surface area (Å²) >= 11 is 6.71. The molecule has 5 heteroatoms. The number of nitrogens with zero attached hydrogens (tertiary/aromatic N) is 2. The van der Waals surface area contributed by atoms with Crippen LogP contribution in [0.25, 0.3) is 0 Å². The van der Waals surface area contributed by atoms with Gasteiger partial charge in [-0.1, -0.05) is 30.4 Å². The predicted octanol–water partition coefficient (Wildman–Crippen LogP) is 2.68. The number of thioether (sulfide) groups is 1. The average Bonchev–Trinajstić information content (AvgIpc) is 2.54. The van der Waals surface area contributed by atoms with E-state index in [4.69, 9.17) is 12.2 Å². The molecule has 0 unspecified atom stereocenters. The molecule has 0 bridgehead atoms. The average molecular weight is 280 g/mol. The lowest BCUT2D eigenvalue weighted by Gasteiger charge is -2.30. The summed E-state index contributed by atoms with van der Waals surface area (Å²) in [5.74, 6) is 0. The Labute approximate surface area is 117 Å². The predicted molar refractivity (Wildman–Crippen MR) is 81.1 cm³/mol. The van der Waals surface area contributed by atoms with Crippen molar-refractivity contribution >= 4 is 34.5 Å². The zero-order valence-electron chi connectivity index (χ0n) is 10.7. The molecule has 0 radical (unpaired) electrons. The highest BCUT2D eigenvalue weighted by Crippen LogP contribution is 2.38. The smallest absolute Gasteiger partial charge is 0.238 e. The number of thiocarbonyl (C=S) groups is 1. The maximum atomic E-state index is 12.3. The monoisotopic (exact) mass is 280 g/mol. The van der Waals surface area contributed by atoms with Gasteiger partial charge >= 0.3 is 0 Å². The number of hydrogen-bond donors (Lipinski definition) is 0. The van der Waals surface area contributed by atoms with Gasteiger partial charge in [0.1, 0.15) is 9.86 Å². The third-order valence-electron chi connectivity index (χ3n) is 3.26. The summed E-state index contributed by atoms with van der Waals surface area (Å²) in [6.07, 6.45) is 1.63. The van der Waals surface area contributed by atoms with Crippen LogP contribution in [0, 0.1) is 5.21 Å². The summed E-state index contributed by atoms with van der Waals surface area (Å²) in [5.41, 5.74) is 0.638. The van der Waals surface area contributed by atoms with Gasteiger partial charge in [-0.15, -0.1) is 0 Å². The zero-order valence-corrected chi connectivity index (χ0v) is 12.3. The van der Waals surface area contributed by atoms with Crippen molar-refractivity contribution in [3.05, 3.63) is 41.1 Å². The lowest BCUT2D eigenvalue weighted by atomic mass is 10.0. The Morgan fingerprint density at radius 3 is 2.50 bits per heavy atom. The van der Waals surface area contributed by atoms with Crippen LogP contribution in [0.5, 0.6) is 0 Å². The number of likely N-dealkylation sites (N-methyl/N-ethyl adjacent to an activating group) is 1. The van der Waals surface area contributed by atoms with E-state index < -0.39 is 0 Å². The van der Waals surface area contributed by atoms with E-state index >= 15 is 0 Å². The molecule has 0 amide bonds. The van der Waals surface area contributed by atoms with Crippen molar-refractivity contribution in [2.45, 2.75) is 24.8 Å². The number of benzene rings is 1. The molecule has 1 atom stereocenters. The molecule has 1 aliphatic heterocycles. The van der Waals surface area contributed by atoms with Crippen molar-refractivity contribution in [2.75, 3.05) is 7.05 Å². The van der Waals surface area contributed by atoms with Crippen LogP contribution in [-0.4, -0.2) is 38.1 Å². The van der Waals surface area contributed by atoms with Crippen LogP contribution >= 0.6 is 24.0 Å². The minimum absolute atomic E-state index is 0.213. The highest BCUT2D eigenvalue weighted by atomic mass is 32.2. The van der Waals surface area contributed by atoms with Crippen molar-refractivity contribution in [1.82, 2.24) is 4.90 Å². The molecule has 0 saturated carbocycles. The highest BCUT2D eigenvalue weighted by Gasteiger charge is 2.48. The second-order valence-corrected chi connectivity index (χ2v) is 6.56. The quantitative estimate of drug-likeness (QED) is 0.274. The third-order valence-corrected chi connectivity index (χ3v) is 5.31. The summed E-state index contributed by atoms with van der Waals surface area (Å²) in [5, 5.41) is 12.1. The van der Waals surface area contributed by atoms with Crippen molar-refractivity contribution in [1.29, 1.82) is 0 Å². The molecule has 1 aliphatic rings. The molecule has 1 fully saturated rings. The van der Waals surface area contributed by atoms with Crippen LogP contribution in [0.2, 0.25) is 0 Å². The first-order valence-corrected chi connectivity index (χ1v) is 7.01. The molecule has 0 aliphatic carbocycles. The number of hydroxylamine groups is 1. The van der Waals surface area contributed by atoms with Gasteiger partial charge in [0.25, 0.3) is 0 Å². The lowest BCUT2D eigenvalue weighted by Crippen LogP contribution is -2.47. The molecular formula is C13H16N2OS2. The Morgan fingerprint density at radius 1 is 1.39 bits per heavy atom. The summed E-state index contributed by atoms with van der Waals surface area (Å²) < 4.78 is 1.78. The summed E-state index contributed by atoms with van der Waals surface area (Å²) in [4.78, 5) is 1.99. The van der Waals surface area contributed by atoms with Crippen LogP contribution in [0.15, 0.2) is 30.3 Å². The van der Waals surface area contributed by atoms with Crippen LogP contribution in [0.3, 0.4) is 0 Å². The number of rotatable bonds is 2. The van der Waals surface area contributed by atoms with Crippen LogP contribution in [-0.2, 0) is 0 Å². The Hall–Kier alpha value is -1.07. The molecule has 1 saturated heterocycles. The third kappa shape index (κ3) is 2.37. The SMILES string of the molecule is CN1C(=S)S[C@H](/[N+]([O-])=C\c2ccccc2)C1(C)C. The van der Waals surface area contributed by atoms with Crippen molar-refractivity contribution < 1.29 is 4.74 Å². The second kappa shape index (κ2) is 4.90. The molecule has 0 spiro atoms. The Kier molecular flexibility index (Phi) is 3.64. The Balaban J connectivity index is 2.27. The molecule has 18 heavy (non-hydrogen) atoms. The molecule has 0 N–H and O–H groups in total. The summed E-state index contributed by atoms with van der Waals surface area (Å²) in [7, 11) is 1.94. The molecule has 96 valence electrons. The molecule has 1 aromatic rings. The van der Waals surface area contributed by atoms with E-state index in [1.807, 2.05) is 56.1 Å². The molecule has 0 aromatic heterocycles. The van der Waals surface area contributed by atoms with Crippen molar-refractivity contribution in [3.63, 3.8) is 0 Å². The fourth-order valence-electron chi connectivity index (χ4n) is 1.84. The minimum Gasteiger partial charge on any atom is -0.623 e. The fraction of sp³-hybridized carbons (Fsp3) is 0.385. The van der Waals surface area contributed by atoms with E-state index in [-0.39, 0.29) is 10.9 Å². The van der Waals surface area contributed by atoms with E-state index in [1.54, 1.807) is 6.21 Å². The van der Waals surface area contributed by atoms with E-state index in [0.717, 1.165) is 14.6 Å². The largest absolute Gasteiger partial charge is 0.623 e. The second-order valence-electron chi connectivity index (χ2n) is 4.85. The zero-order chi connectivity index (χ0) is 13.3. The molecule has 3 nitrogen and oxygen atoms in total. The van der Waals surface area contributed by atoms with Gasteiger partial charge in [0.15, 0.2) is 6.21 Å². The first-order valence-electron chi connectivity index (χ1n) is 5.73. The van der Waals surface area contributed by atoms with Gasteiger partial charge in [-0.3, -0.25) is 0 Å². The van der Waals surface area contributed by atoms with Crippen LogP contribution < -0.4 is 0 Å². The van der Waals surface area contributed by atoms with E-state index in [2.05, 4.69) is 0 Å². The van der Waals surface area contributed by atoms with Crippen molar-refractivity contribution in [3.8, 4) is 0 Å². The van der Waals surface area contributed by atoms with Crippen LogP contribution in [0.4, 0.5) is 0 Å². The highest BCUT2D eigenvalue weighted by molar-refractivity contribution is 8.23. The van der Waals surface area contributed by atoms with Gasteiger partial charge in [-0.2, -0.15) is 4.74 Å². The molecule has 1 aromatic carbocycles. The standard InChI is InChI=1S/C13H16N2OS2/c1-13(2)11(18-12(17)14(13)3)15(16)9-10-7-5-4-6-8-10/h4-9,11H,1-3H3/b15-9+/t11-/m0/s1. The molecule has 1 heterocycles. The fourth-order valence-corrected chi connectivity index (χ4v) is 3.54. The molecule has 2 rings (SSSR count). The summed E-state index contributed by atoms with van der Waals surface area (Å²) in [6.45, 7) is 4.07. The minimum atomic E-state index is -0.269. The van der Waals surface area contributed by atoms with E-state index in [1.165, 1.54) is 11.8 Å². The topological polar surface area (TPSA) is 29.3 Å². The Morgan fingerprint density at radius 2 is 2.00 bits per heavy atom. The Bertz CT molecular complexity index is 485. The normalized spacial score (nSPS) is 23.5. The van der Waals surface area contributed by atoms with Gasteiger partial charge in [-0.25, -0.2) is 0 Å². The number of hydrogen-bond acceptors (Lipinski definition) is 3. The van der Waals surface area contributed by atoms with Gasteiger partial charge in [0.2, 0.25) is 5.37 Å². The van der Waals surface area contributed by atoms with Crippen LogP contribution in [0.1, 0.15) is 19.4 Å². The maximum Gasteiger partial charge on any atom is 0.238 e. The maximum absolute atomic E-state index is 12.3. The molecular weight excluding hydrogens is 264 g/mol. The lowest BCUT2D eigenvalue weighted by molar-refractivity contribution is -0.480. The van der Waals surface area contributed by atoms with Crippen molar-refractivity contribution in [2.24, 2.45) is 0 Å². The van der Waals surface area contributed by atoms with E-state index in [9.17, 15) is 5.21 Å². The first-order chi connectivity index (χ1) is 8.43. The summed E-state index contributed by atoms with van der Waals surface area (Å²) in [6, 6.07) is 9.61. The van der Waals surface area contributed by atoms with Gasteiger partial charge in [0, 0.05) is 12.6 Å². The van der Waals surface area contributed by atoms with E-state index in [0.29, 0.717) is 0 Å².